The molecule has 2 aliphatic rings. The Labute approximate surface area is 410 Å². The third kappa shape index (κ3) is 6.64. The number of fused-ring (bicyclic) bond motifs is 10. The highest BCUT2D eigenvalue weighted by Crippen LogP contribution is 2.64. The van der Waals surface area contributed by atoms with Crippen LogP contribution in [0.5, 0.6) is 0 Å². The SMILES string of the molecule is CN(c1ccccc1)c1ccc(-c2ccc(N(c3ccc(-c4ccccc4)cc3)c3ccc(-c4cccc5c4C4(c6ccccc6-c6ccccc64)c4ccccc4-5)cc3)cc2)cc1-c1ccccc1. The van der Waals surface area contributed by atoms with Crippen LogP contribution in [0, 0.1) is 0 Å². The smallest absolute Gasteiger partial charge is 0.0731 e. The molecule has 2 nitrogen and oxygen atoms in total. The minimum atomic E-state index is -0.428. The van der Waals surface area contributed by atoms with Crippen LogP contribution in [-0.2, 0) is 5.41 Å². The lowest BCUT2D eigenvalue weighted by Crippen LogP contribution is -2.26. The molecule has 13 rings (SSSR count). The van der Waals surface area contributed by atoms with Gasteiger partial charge in [-0.05, 0) is 144 Å². The summed E-state index contributed by atoms with van der Waals surface area (Å²) in [4.78, 5) is 4.65. The highest BCUT2D eigenvalue weighted by atomic mass is 15.1. The molecule has 70 heavy (non-hydrogen) atoms. The van der Waals surface area contributed by atoms with Crippen LogP contribution >= 0.6 is 0 Å². The van der Waals surface area contributed by atoms with Crippen LogP contribution in [0.4, 0.5) is 28.4 Å². The highest BCUT2D eigenvalue weighted by molar-refractivity contribution is 5.99. The van der Waals surface area contributed by atoms with Gasteiger partial charge in [-0.2, -0.15) is 0 Å². The van der Waals surface area contributed by atoms with Gasteiger partial charge in [0.2, 0.25) is 0 Å². The van der Waals surface area contributed by atoms with Crippen LogP contribution in [0.25, 0.3) is 66.8 Å². The van der Waals surface area contributed by atoms with Gasteiger partial charge in [-0.15, -0.1) is 0 Å². The van der Waals surface area contributed by atoms with Gasteiger partial charge in [0.15, 0.2) is 0 Å². The maximum Gasteiger partial charge on any atom is 0.0731 e. The molecule has 0 fully saturated rings. The van der Waals surface area contributed by atoms with E-state index in [0.29, 0.717) is 0 Å². The Kier molecular flexibility index (Phi) is 9.99. The number of rotatable bonds is 9. The average Bonchev–Trinajstić information content (AvgIpc) is 3.92. The lowest BCUT2D eigenvalue weighted by Gasteiger charge is -2.32. The second kappa shape index (κ2) is 17.0. The van der Waals surface area contributed by atoms with E-state index in [9.17, 15) is 0 Å². The molecule has 2 heteroatoms. The zero-order valence-corrected chi connectivity index (χ0v) is 38.9. The third-order valence-corrected chi connectivity index (χ3v) is 14.7. The average molecular weight is 893 g/mol. The molecule has 0 aromatic heterocycles. The first-order valence-corrected chi connectivity index (χ1v) is 24.2. The van der Waals surface area contributed by atoms with Crippen molar-refractivity contribution in [2.75, 3.05) is 16.8 Å². The molecule has 0 amide bonds. The van der Waals surface area contributed by atoms with E-state index in [1.54, 1.807) is 0 Å². The molecule has 0 unspecified atom stereocenters. The fourth-order valence-corrected chi connectivity index (χ4v) is 11.5. The zero-order chi connectivity index (χ0) is 46.6. The van der Waals surface area contributed by atoms with E-state index in [0.717, 1.165) is 34.0 Å². The molecule has 0 aliphatic heterocycles. The summed E-state index contributed by atoms with van der Waals surface area (Å²) in [6.45, 7) is 0. The molecule has 0 atom stereocenters. The Bertz CT molecular complexity index is 3630. The van der Waals surface area contributed by atoms with Gasteiger partial charge in [0.05, 0.1) is 5.41 Å². The number of anilines is 5. The first-order chi connectivity index (χ1) is 34.6. The first-order valence-electron chi connectivity index (χ1n) is 24.2. The summed E-state index contributed by atoms with van der Waals surface area (Å²) in [5, 5.41) is 0. The van der Waals surface area contributed by atoms with Gasteiger partial charge in [0.1, 0.15) is 0 Å². The molecule has 11 aromatic rings. The van der Waals surface area contributed by atoms with Gasteiger partial charge in [-0.25, -0.2) is 0 Å². The van der Waals surface area contributed by atoms with E-state index < -0.39 is 5.41 Å². The van der Waals surface area contributed by atoms with Crippen molar-refractivity contribution in [3.8, 4) is 66.8 Å². The summed E-state index contributed by atoms with van der Waals surface area (Å²) in [7, 11) is 2.15. The maximum atomic E-state index is 2.38. The van der Waals surface area contributed by atoms with Crippen molar-refractivity contribution in [3.63, 3.8) is 0 Å². The molecule has 0 N–H and O–H groups in total. The highest BCUT2D eigenvalue weighted by Gasteiger charge is 2.52. The molecule has 1 spiro atoms. The summed E-state index contributed by atoms with van der Waals surface area (Å²) in [6, 6.07) is 100. The fraction of sp³-hybridized carbons (Fsp3) is 0.0294. The Morgan fingerprint density at radius 1 is 0.257 bits per heavy atom. The van der Waals surface area contributed by atoms with E-state index in [1.165, 1.54) is 83.5 Å². The Balaban J connectivity index is 0.910. The number of para-hydroxylation sites is 1. The monoisotopic (exact) mass is 892 g/mol. The van der Waals surface area contributed by atoms with Gasteiger partial charge >= 0.3 is 0 Å². The summed E-state index contributed by atoms with van der Waals surface area (Å²) < 4.78 is 0. The van der Waals surface area contributed by atoms with Crippen LogP contribution in [0.3, 0.4) is 0 Å². The van der Waals surface area contributed by atoms with Gasteiger partial charge in [-0.1, -0.05) is 212 Å². The zero-order valence-electron chi connectivity index (χ0n) is 38.9. The first kappa shape index (κ1) is 41.2. The summed E-state index contributed by atoms with van der Waals surface area (Å²) in [5.74, 6) is 0. The van der Waals surface area contributed by atoms with Gasteiger partial charge in [0, 0.05) is 41.0 Å². The van der Waals surface area contributed by atoms with Crippen molar-refractivity contribution >= 4 is 28.4 Å². The topological polar surface area (TPSA) is 6.48 Å². The standard InChI is InChI=1S/C68H48N2/c1-69(53-22-9-4-10-23-53)66-45-38-52(46-62(66)50-20-7-3-8-21-50)49-34-41-55(42-35-49)70(54-39-32-48(33-40-54)47-18-5-2-6-19-47)56-43-36-51(37-44-56)57-27-17-28-61-60-26-13-16-31-65(60)68(67(57)61)63-29-14-11-24-58(63)59-25-12-15-30-64(59)68/h2-46H,1H3. The summed E-state index contributed by atoms with van der Waals surface area (Å²) >= 11 is 0. The van der Waals surface area contributed by atoms with Crippen LogP contribution in [0.1, 0.15) is 22.3 Å². The van der Waals surface area contributed by atoms with Gasteiger partial charge in [0.25, 0.3) is 0 Å². The van der Waals surface area contributed by atoms with E-state index in [4.69, 9.17) is 0 Å². The molecule has 0 bridgehead atoms. The van der Waals surface area contributed by atoms with Crippen molar-refractivity contribution in [3.05, 3.63) is 295 Å². The number of hydrogen-bond acceptors (Lipinski definition) is 2. The number of benzene rings is 11. The van der Waals surface area contributed by atoms with Crippen molar-refractivity contribution in [2.45, 2.75) is 5.41 Å². The van der Waals surface area contributed by atoms with Crippen LogP contribution in [0.2, 0.25) is 0 Å². The minimum absolute atomic E-state index is 0.428. The van der Waals surface area contributed by atoms with Crippen LogP contribution in [-0.4, -0.2) is 7.05 Å². The van der Waals surface area contributed by atoms with Gasteiger partial charge in [-0.3, -0.25) is 0 Å². The normalized spacial score (nSPS) is 12.5. The van der Waals surface area contributed by atoms with E-state index >= 15 is 0 Å². The molecular weight excluding hydrogens is 845 g/mol. The molecule has 11 aromatic carbocycles. The maximum absolute atomic E-state index is 2.38. The van der Waals surface area contributed by atoms with E-state index in [2.05, 4.69) is 290 Å². The second-order valence-corrected chi connectivity index (χ2v) is 18.4. The van der Waals surface area contributed by atoms with Crippen LogP contribution < -0.4 is 9.80 Å². The predicted octanol–water partition coefficient (Wildman–Crippen LogP) is 17.9. The minimum Gasteiger partial charge on any atom is -0.344 e. The van der Waals surface area contributed by atoms with Gasteiger partial charge < -0.3 is 9.80 Å². The Morgan fingerprint density at radius 3 is 1.17 bits per heavy atom. The second-order valence-electron chi connectivity index (χ2n) is 18.4. The van der Waals surface area contributed by atoms with Crippen molar-refractivity contribution in [2.24, 2.45) is 0 Å². The predicted molar refractivity (Wildman–Crippen MR) is 294 cm³/mol. The molecule has 2 aliphatic carbocycles. The fourth-order valence-electron chi connectivity index (χ4n) is 11.5. The van der Waals surface area contributed by atoms with E-state index in [1.807, 2.05) is 0 Å². The van der Waals surface area contributed by atoms with Crippen molar-refractivity contribution in [1.82, 2.24) is 0 Å². The molecule has 0 saturated carbocycles. The quantitative estimate of drug-likeness (QED) is 0.142. The molecule has 330 valence electrons. The lowest BCUT2D eigenvalue weighted by atomic mass is 9.68. The Morgan fingerprint density at radius 2 is 0.629 bits per heavy atom. The molecule has 0 saturated heterocycles. The largest absolute Gasteiger partial charge is 0.344 e. The molecule has 0 heterocycles. The van der Waals surface area contributed by atoms with Crippen LogP contribution in [0.15, 0.2) is 273 Å². The summed E-state index contributed by atoms with van der Waals surface area (Å²) in [5.41, 5.74) is 25.3. The lowest BCUT2D eigenvalue weighted by molar-refractivity contribution is 0.796. The van der Waals surface area contributed by atoms with E-state index in [-0.39, 0.29) is 0 Å². The number of hydrogen-bond donors (Lipinski definition) is 0. The number of nitrogens with zero attached hydrogens (tertiary/aromatic N) is 2. The summed E-state index contributed by atoms with van der Waals surface area (Å²) in [6.07, 6.45) is 0. The molecule has 0 radical (unpaired) electrons. The van der Waals surface area contributed by atoms with Crippen molar-refractivity contribution < 1.29 is 0 Å². The molecular formula is C68H48N2. The third-order valence-electron chi connectivity index (χ3n) is 14.7. The van der Waals surface area contributed by atoms with Crippen molar-refractivity contribution in [1.29, 1.82) is 0 Å². The Hall–Kier alpha value is -8.98.